The van der Waals surface area contributed by atoms with Gasteiger partial charge in [0, 0.05) is 25.7 Å². The van der Waals surface area contributed by atoms with Crippen molar-refractivity contribution in [3.8, 4) is 0 Å². The van der Waals surface area contributed by atoms with Crippen molar-refractivity contribution in [1.82, 2.24) is 0 Å². The molecule has 17 nitrogen and oxygen atoms in total. The van der Waals surface area contributed by atoms with E-state index in [2.05, 4.69) is 27.7 Å². The van der Waals surface area contributed by atoms with Crippen molar-refractivity contribution in [3.63, 3.8) is 0 Å². The number of esters is 4. The van der Waals surface area contributed by atoms with Crippen LogP contribution in [0.2, 0.25) is 0 Å². The van der Waals surface area contributed by atoms with Gasteiger partial charge in [-0.05, 0) is 25.7 Å². The normalized spacial score (nSPS) is 13.9. The lowest BCUT2D eigenvalue weighted by atomic mass is 10.0. The molecule has 0 radical (unpaired) electrons. The fraction of sp³-hybridized carbons (Fsp3) is 0.948. The second kappa shape index (κ2) is 71.5. The maximum absolute atomic E-state index is 13.1. The van der Waals surface area contributed by atoms with Crippen molar-refractivity contribution >= 4 is 39.5 Å². The van der Waals surface area contributed by atoms with Crippen molar-refractivity contribution in [2.24, 2.45) is 0 Å². The molecule has 0 saturated heterocycles. The molecular formula is C77H150O17P2. The third-order valence-electron chi connectivity index (χ3n) is 18.1. The van der Waals surface area contributed by atoms with E-state index >= 15 is 0 Å². The molecule has 0 aromatic heterocycles. The van der Waals surface area contributed by atoms with Crippen LogP contribution in [0.1, 0.15) is 413 Å². The summed E-state index contributed by atoms with van der Waals surface area (Å²) in [6.07, 6.45) is 62.9. The minimum Gasteiger partial charge on any atom is -0.462 e. The van der Waals surface area contributed by atoms with Gasteiger partial charge in [0.05, 0.1) is 26.4 Å². The Kier molecular flexibility index (Phi) is 70.0. The number of carbonyl (C=O) groups is 4. The second-order valence-electron chi connectivity index (χ2n) is 27.7. The SMILES string of the molecule is CCCCCCCCCCCCCCCCCCCCCCC(=O)O[C@H](COC(=O)CCCCCCCCCCCCCCCCCCCC)COP(=O)(O)OC[C@@H](O)COP(=O)(O)OC[C@@H](COC(=O)CCCCCCC)OC(=O)CCCCCCCCCCCCCCC. The lowest BCUT2D eigenvalue weighted by molar-refractivity contribution is -0.161. The Labute approximate surface area is 588 Å². The van der Waals surface area contributed by atoms with E-state index in [4.69, 9.17) is 37.0 Å². The zero-order valence-electron chi connectivity index (χ0n) is 62.4. The number of phosphoric ester groups is 2. The highest BCUT2D eigenvalue weighted by molar-refractivity contribution is 7.47. The van der Waals surface area contributed by atoms with Crippen LogP contribution < -0.4 is 0 Å². The Bertz CT molecular complexity index is 1830. The van der Waals surface area contributed by atoms with E-state index in [-0.39, 0.29) is 25.7 Å². The van der Waals surface area contributed by atoms with E-state index in [1.54, 1.807) is 0 Å². The highest BCUT2D eigenvalue weighted by Crippen LogP contribution is 2.45. The van der Waals surface area contributed by atoms with Crippen LogP contribution in [-0.4, -0.2) is 96.7 Å². The maximum atomic E-state index is 13.1. The molecule has 0 aliphatic heterocycles. The quantitative estimate of drug-likeness (QED) is 0.0222. The van der Waals surface area contributed by atoms with Gasteiger partial charge >= 0.3 is 39.5 Å². The Morgan fingerprint density at radius 2 is 0.417 bits per heavy atom. The van der Waals surface area contributed by atoms with Crippen molar-refractivity contribution in [2.75, 3.05) is 39.6 Å². The third-order valence-corrected chi connectivity index (χ3v) is 20.0. The number of unbranched alkanes of at least 4 members (excludes halogenated alkanes) is 52. The molecule has 0 rings (SSSR count). The topological polar surface area (TPSA) is 237 Å². The van der Waals surface area contributed by atoms with Crippen LogP contribution in [0.25, 0.3) is 0 Å². The molecule has 0 aliphatic rings. The molecule has 0 saturated carbocycles. The van der Waals surface area contributed by atoms with Gasteiger partial charge in [-0.2, -0.15) is 0 Å². The molecule has 3 N–H and O–H groups in total. The predicted octanol–water partition coefficient (Wildman–Crippen LogP) is 23.0. The van der Waals surface area contributed by atoms with E-state index in [0.29, 0.717) is 25.7 Å². The average molecular weight is 1410 g/mol. The highest BCUT2D eigenvalue weighted by atomic mass is 31.2. The van der Waals surface area contributed by atoms with Crippen LogP contribution in [0.4, 0.5) is 0 Å². The minimum absolute atomic E-state index is 0.107. The first-order valence-electron chi connectivity index (χ1n) is 40.3. The number of hydrogen-bond donors (Lipinski definition) is 3. The van der Waals surface area contributed by atoms with Gasteiger partial charge in [-0.15, -0.1) is 0 Å². The molecule has 0 amide bonds. The molecule has 0 aromatic carbocycles. The zero-order valence-corrected chi connectivity index (χ0v) is 64.1. The molecule has 570 valence electrons. The second-order valence-corrected chi connectivity index (χ2v) is 30.7. The number of hydrogen-bond acceptors (Lipinski definition) is 15. The van der Waals surface area contributed by atoms with Crippen LogP contribution in [0, 0.1) is 0 Å². The van der Waals surface area contributed by atoms with Crippen molar-refractivity contribution in [3.05, 3.63) is 0 Å². The van der Waals surface area contributed by atoms with Gasteiger partial charge in [0.1, 0.15) is 19.3 Å². The fourth-order valence-electron chi connectivity index (χ4n) is 11.9. The Balaban J connectivity index is 5.12. The monoisotopic (exact) mass is 1410 g/mol. The van der Waals surface area contributed by atoms with E-state index in [1.165, 1.54) is 238 Å². The van der Waals surface area contributed by atoms with E-state index in [0.717, 1.165) is 96.3 Å². The number of ether oxygens (including phenoxy) is 4. The van der Waals surface area contributed by atoms with Crippen molar-refractivity contribution in [2.45, 2.75) is 431 Å². The molecule has 5 atom stereocenters. The number of aliphatic hydroxyl groups excluding tert-OH is 1. The van der Waals surface area contributed by atoms with Crippen LogP contribution in [0.5, 0.6) is 0 Å². The Hall–Kier alpha value is -1.94. The summed E-state index contributed by atoms with van der Waals surface area (Å²) in [6, 6.07) is 0. The van der Waals surface area contributed by atoms with Crippen molar-refractivity contribution in [1.29, 1.82) is 0 Å². The fourth-order valence-corrected chi connectivity index (χ4v) is 13.5. The van der Waals surface area contributed by atoms with Gasteiger partial charge in [0.2, 0.25) is 0 Å². The standard InChI is InChI=1S/C77H150O17P2/c1-5-9-13-17-20-23-26-29-31-33-35-36-38-40-43-46-49-52-56-60-64-77(82)94-73(68-88-75(80)62-58-54-50-47-44-42-39-37-34-32-30-27-24-21-18-14-10-6-2)70-92-96(85,86)90-66-71(78)65-89-95(83,84)91-69-72(67-87-74(79)61-57-53-16-12-8-4)93-76(81)63-59-55-51-48-45-41-28-25-22-19-15-11-7-3/h71-73,78H,5-70H2,1-4H3,(H,83,84)(H,85,86)/t71-,72+,73+/m0/s1. The molecule has 0 aliphatic carbocycles. The molecule has 0 spiro atoms. The smallest absolute Gasteiger partial charge is 0.462 e. The first kappa shape index (κ1) is 94.1. The summed E-state index contributed by atoms with van der Waals surface area (Å²) in [5.41, 5.74) is 0. The Morgan fingerprint density at radius 3 is 0.615 bits per heavy atom. The molecule has 0 heterocycles. The van der Waals surface area contributed by atoms with Gasteiger partial charge < -0.3 is 33.8 Å². The molecule has 0 bridgehead atoms. The molecular weight excluding hydrogens is 1260 g/mol. The number of aliphatic hydroxyl groups is 1. The van der Waals surface area contributed by atoms with Crippen molar-refractivity contribution < 1.29 is 80.2 Å². The van der Waals surface area contributed by atoms with Crippen LogP contribution in [0.3, 0.4) is 0 Å². The summed E-state index contributed by atoms with van der Waals surface area (Å²) in [4.78, 5) is 72.5. The van der Waals surface area contributed by atoms with E-state index < -0.39 is 97.5 Å². The lowest BCUT2D eigenvalue weighted by Crippen LogP contribution is -2.30. The summed E-state index contributed by atoms with van der Waals surface area (Å²) in [6.45, 7) is 4.91. The summed E-state index contributed by atoms with van der Waals surface area (Å²) < 4.78 is 68.3. The average Bonchev–Trinajstić information content (AvgIpc) is 1.45. The van der Waals surface area contributed by atoms with Gasteiger partial charge in [-0.3, -0.25) is 37.3 Å². The summed E-state index contributed by atoms with van der Waals surface area (Å²) >= 11 is 0. The molecule has 2 unspecified atom stereocenters. The largest absolute Gasteiger partial charge is 0.472 e. The minimum atomic E-state index is -4.96. The summed E-state index contributed by atoms with van der Waals surface area (Å²) in [5.74, 6) is -2.12. The van der Waals surface area contributed by atoms with Gasteiger partial charge in [0.15, 0.2) is 12.2 Å². The maximum Gasteiger partial charge on any atom is 0.472 e. The zero-order chi connectivity index (χ0) is 70.4. The summed E-state index contributed by atoms with van der Waals surface area (Å²) in [7, 11) is -9.90. The summed E-state index contributed by atoms with van der Waals surface area (Å²) in [5, 5.41) is 10.6. The molecule has 19 heteroatoms. The molecule has 0 aromatic rings. The van der Waals surface area contributed by atoms with Crippen LogP contribution in [-0.2, 0) is 65.4 Å². The van der Waals surface area contributed by atoms with E-state index in [9.17, 15) is 43.2 Å². The third kappa shape index (κ3) is 70.5. The van der Waals surface area contributed by atoms with Gasteiger partial charge in [-0.25, -0.2) is 9.13 Å². The van der Waals surface area contributed by atoms with Crippen LogP contribution in [0.15, 0.2) is 0 Å². The lowest BCUT2D eigenvalue weighted by Gasteiger charge is -2.21. The predicted molar refractivity (Wildman–Crippen MR) is 391 cm³/mol. The first-order valence-corrected chi connectivity index (χ1v) is 43.3. The van der Waals surface area contributed by atoms with Gasteiger partial charge in [-0.1, -0.05) is 362 Å². The first-order chi connectivity index (χ1) is 46.7. The number of rotatable bonds is 78. The van der Waals surface area contributed by atoms with Gasteiger partial charge in [0.25, 0.3) is 0 Å². The molecule has 0 fully saturated rings. The number of carbonyl (C=O) groups excluding carboxylic acids is 4. The molecule has 96 heavy (non-hydrogen) atoms. The van der Waals surface area contributed by atoms with E-state index in [1.807, 2.05) is 0 Å². The number of phosphoric acid groups is 2. The Morgan fingerprint density at radius 1 is 0.250 bits per heavy atom. The van der Waals surface area contributed by atoms with Crippen LogP contribution >= 0.6 is 15.6 Å². The highest BCUT2D eigenvalue weighted by Gasteiger charge is 2.30.